The lowest BCUT2D eigenvalue weighted by Gasteiger charge is -2.33. The number of amides is 4. The third-order valence-corrected chi connectivity index (χ3v) is 17.4. The Morgan fingerprint density at radius 1 is 0.602 bits per heavy atom. The van der Waals surface area contributed by atoms with Gasteiger partial charge in [0, 0.05) is 98.6 Å². The first-order chi connectivity index (χ1) is 39.2. The van der Waals surface area contributed by atoms with Crippen LogP contribution in [0.4, 0.5) is 64.9 Å². The second kappa shape index (κ2) is 26.5. The molecule has 6 heterocycles. The summed E-state index contributed by atoms with van der Waals surface area (Å²) in [6.07, 6.45) is -6.12. The van der Waals surface area contributed by atoms with Crippen molar-refractivity contribution < 1.29 is 79.2 Å². The molecule has 0 spiro atoms. The summed E-state index contributed by atoms with van der Waals surface area (Å²) in [6.45, 7) is 0.934. The highest BCUT2D eigenvalue weighted by atomic mass is 79.9. The Kier molecular flexibility index (Phi) is 19.9. The molecule has 4 aromatic carbocycles. The van der Waals surface area contributed by atoms with Gasteiger partial charge in [0.05, 0.1) is 42.6 Å². The third-order valence-electron chi connectivity index (χ3n) is 13.6. The zero-order valence-electron chi connectivity index (χ0n) is 43.7. The van der Waals surface area contributed by atoms with E-state index >= 15 is 4.39 Å². The molecule has 0 saturated carbocycles. The van der Waals surface area contributed by atoms with Crippen molar-refractivity contribution in [3.63, 3.8) is 0 Å². The average Bonchev–Trinajstić information content (AvgIpc) is 4.32. The molecule has 4 aliphatic rings. The van der Waals surface area contributed by atoms with E-state index in [0.717, 1.165) is 17.2 Å². The molecule has 4 aliphatic heterocycles. The van der Waals surface area contributed by atoms with Crippen molar-refractivity contribution in [2.45, 2.75) is 62.5 Å². The first-order valence-electron chi connectivity index (χ1n) is 25.5. The second-order valence-corrected chi connectivity index (χ2v) is 25.0. The highest BCUT2D eigenvalue weighted by molar-refractivity contribution is 9.08. The van der Waals surface area contributed by atoms with E-state index in [1.807, 2.05) is 0 Å². The molecule has 18 nitrogen and oxygen atoms in total. The Hall–Kier alpha value is -6.70. The molecule has 10 rings (SSSR count). The van der Waals surface area contributed by atoms with E-state index in [9.17, 15) is 65.9 Å². The van der Waals surface area contributed by atoms with Crippen molar-refractivity contribution in [2.75, 3.05) is 85.6 Å². The Bertz CT molecular complexity index is 3430. The van der Waals surface area contributed by atoms with E-state index in [1.165, 1.54) is 45.0 Å². The lowest BCUT2D eigenvalue weighted by molar-refractivity contribution is 0.0108. The summed E-state index contributed by atoms with van der Waals surface area (Å²) in [4.78, 5) is 33.2. The van der Waals surface area contributed by atoms with Crippen molar-refractivity contribution in [1.82, 2.24) is 40.0 Å². The molecule has 6 aromatic rings. The number of sulfone groups is 2. The van der Waals surface area contributed by atoms with Crippen LogP contribution in [-0.4, -0.2) is 156 Å². The molecule has 0 bridgehead atoms. The number of aromatic nitrogens is 4. The number of likely N-dealkylation sites (tertiary alicyclic amines) is 2. The van der Waals surface area contributed by atoms with E-state index in [4.69, 9.17) is 8.83 Å². The van der Waals surface area contributed by atoms with Crippen LogP contribution in [0.3, 0.4) is 0 Å². The van der Waals surface area contributed by atoms with E-state index in [1.54, 1.807) is 58.3 Å². The minimum atomic E-state index is -3.26. The number of urea groups is 2. The van der Waals surface area contributed by atoms with Gasteiger partial charge < -0.3 is 24.0 Å². The van der Waals surface area contributed by atoms with E-state index in [0.29, 0.717) is 41.9 Å². The molecule has 83 heavy (non-hydrogen) atoms. The minimum absolute atomic E-state index is 0.0141. The van der Waals surface area contributed by atoms with Gasteiger partial charge in [-0.25, -0.2) is 52.8 Å². The predicted octanol–water partition coefficient (Wildman–Crippen LogP) is 10.0. The second-order valence-electron chi connectivity index (χ2n) is 19.8. The quantitative estimate of drug-likeness (QED) is 0.0843. The Morgan fingerprint density at radius 3 is 1.43 bits per heavy atom. The van der Waals surface area contributed by atoms with Crippen molar-refractivity contribution in [2.24, 2.45) is 0 Å². The summed E-state index contributed by atoms with van der Waals surface area (Å²) < 4.78 is 188. The van der Waals surface area contributed by atoms with E-state index in [-0.39, 0.29) is 123 Å². The van der Waals surface area contributed by atoms with E-state index < -0.39 is 73.8 Å². The molecule has 31 heteroatoms. The SMILES string of the molecule is Fc1cc(-c2nnc(C(F)F)o2)ccc1CBr.O=C(N1CCS(=O)(=O)CC1)N(Cc1ccc(-c2nnc(C(F)F)o2)cc1F)c1ccc(CN2CCC(F)(F)C2)cc1.O=C(Nc1ccc(CN2CCC(F)(F)C2)cc1)N1CCS(=O)(=O)CC1. The molecular weight excluding hydrogens is 1230 g/mol. The number of hydrogen-bond acceptors (Lipinski definition) is 14. The number of nitrogens with one attached hydrogen (secondary N) is 1. The van der Waals surface area contributed by atoms with Crippen molar-refractivity contribution in [3.05, 3.63) is 131 Å². The fourth-order valence-corrected chi connectivity index (χ4v) is 11.8. The normalized spacial score (nSPS) is 18.3. The molecule has 2 aromatic heterocycles. The van der Waals surface area contributed by atoms with Crippen LogP contribution < -0.4 is 10.2 Å². The van der Waals surface area contributed by atoms with Crippen LogP contribution in [0.5, 0.6) is 0 Å². The molecule has 0 atom stereocenters. The van der Waals surface area contributed by atoms with Crippen LogP contribution in [0.2, 0.25) is 0 Å². The van der Waals surface area contributed by atoms with Crippen LogP contribution >= 0.6 is 15.9 Å². The molecule has 4 fully saturated rings. The Morgan fingerprint density at radius 2 is 1.04 bits per heavy atom. The van der Waals surface area contributed by atoms with Crippen molar-refractivity contribution in [3.8, 4) is 22.9 Å². The van der Waals surface area contributed by atoms with Gasteiger partial charge in [-0.05, 0) is 65.2 Å². The fourth-order valence-electron chi connectivity index (χ4n) is 8.98. The lowest BCUT2D eigenvalue weighted by atomic mass is 10.1. The molecule has 1 N–H and O–H groups in total. The number of hydrogen-bond donors (Lipinski definition) is 1. The van der Waals surface area contributed by atoms with Gasteiger partial charge in [0.1, 0.15) is 11.6 Å². The first-order valence-corrected chi connectivity index (χ1v) is 30.3. The summed E-state index contributed by atoms with van der Waals surface area (Å²) in [5.74, 6) is -9.05. The average molecular weight is 1280 g/mol. The monoisotopic (exact) mass is 1280 g/mol. The number of rotatable bonds is 13. The molecule has 0 aliphatic carbocycles. The van der Waals surface area contributed by atoms with E-state index in [2.05, 4.69) is 41.6 Å². The highest BCUT2D eigenvalue weighted by Gasteiger charge is 2.39. The summed E-state index contributed by atoms with van der Waals surface area (Å²) in [5.41, 5.74) is 3.52. The van der Waals surface area contributed by atoms with Gasteiger partial charge in [-0.2, -0.15) is 17.6 Å². The van der Waals surface area contributed by atoms with Gasteiger partial charge in [0.15, 0.2) is 19.7 Å². The number of anilines is 2. The maximum Gasteiger partial charge on any atom is 0.324 e. The maximum absolute atomic E-state index is 15.2. The third kappa shape index (κ3) is 17.2. The number of halogens is 11. The van der Waals surface area contributed by atoms with Gasteiger partial charge >= 0.3 is 24.9 Å². The standard InChI is InChI=1S/C26H26F5N5O4S.C16H21F2N3O3S.C10H6BrF3N2O/c27-21-13-18(23-32-33-24(40-23)22(28)29)3-4-19(21)15-36(25(37)35-9-11-41(38,39)12-10-35)20-5-1-17(2-6-20)14-34-8-7-26(30,31)16-34;17-16(18)5-6-20(12-16)11-13-1-3-14(4-2-13)19-15(22)21-7-9-25(23,24)10-8-21;11-4-6-2-1-5(3-7(6)12)9-15-16-10(17-9)8(13)14/h1-6,13,22H,7-12,14-16H2;1-4H,5-12H2,(H,19,22);1-3,8H,4H2. The number of alkyl halides is 9. The molecular formula is C52H53BrF10N10O8S2. The number of carbonyl (C=O) groups is 2. The number of carbonyl (C=O) groups excluding carboxylic acids is 2. The predicted molar refractivity (Wildman–Crippen MR) is 286 cm³/mol. The fraction of sp³-hybridized carbons (Fsp3) is 0.423. The Labute approximate surface area is 477 Å². The summed E-state index contributed by atoms with van der Waals surface area (Å²) in [7, 11) is -6.29. The molecule has 4 amide bonds. The number of nitrogens with zero attached hydrogens (tertiary/aromatic N) is 9. The first kappa shape index (κ1) is 62.3. The van der Waals surface area contributed by atoms with Crippen LogP contribution in [0.25, 0.3) is 22.9 Å². The van der Waals surface area contributed by atoms with Crippen LogP contribution in [0.15, 0.2) is 93.8 Å². The lowest BCUT2D eigenvalue weighted by Crippen LogP contribution is -2.49. The van der Waals surface area contributed by atoms with Crippen molar-refractivity contribution in [1.29, 1.82) is 0 Å². The Balaban J connectivity index is 0.000000181. The van der Waals surface area contributed by atoms with Gasteiger partial charge in [-0.3, -0.25) is 14.7 Å². The molecule has 4 saturated heterocycles. The van der Waals surface area contributed by atoms with Gasteiger partial charge in [0.25, 0.3) is 23.6 Å². The molecule has 0 radical (unpaired) electrons. The smallest absolute Gasteiger partial charge is 0.324 e. The summed E-state index contributed by atoms with van der Waals surface area (Å²) in [6, 6.07) is 20.8. The largest absolute Gasteiger partial charge is 0.415 e. The van der Waals surface area contributed by atoms with Crippen LogP contribution in [0, 0.1) is 11.6 Å². The van der Waals surface area contributed by atoms with Gasteiger partial charge in [-0.15, -0.1) is 20.4 Å². The van der Waals surface area contributed by atoms with Crippen LogP contribution in [0.1, 0.15) is 59.7 Å². The highest BCUT2D eigenvalue weighted by Crippen LogP contribution is 2.32. The topological polar surface area (TPSA) is 208 Å². The number of benzene rings is 4. The minimum Gasteiger partial charge on any atom is -0.415 e. The van der Waals surface area contributed by atoms with Crippen molar-refractivity contribution >= 4 is 59.0 Å². The molecule has 448 valence electrons. The van der Waals surface area contributed by atoms with Gasteiger partial charge in [-0.1, -0.05) is 52.3 Å². The van der Waals surface area contributed by atoms with Crippen LogP contribution in [-0.2, 0) is 44.6 Å². The summed E-state index contributed by atoms with van der Waals surface area (Å²) >= 11 is 3.12. The maximum atomic E-state index is 15.2. The molecule has 0 unspecified atom stereocenters. The van der Waals surface area contributed by atoms with Gasteiger partial charge in [0.2, 0.25) is 11.8 Å². The zero-order valence-corrected chi connectivity index (χ0v) is 46.9. The zero-order chi connectivity index (χ0) is 59.9. The summed E-state index contributed by atoms with van der Waals surface area (Å²) in [5, 5.41) is 16.4.